The van der Waals surface area contributed by atoms with Crippen LogP contribution < -0.4 is 0 Å². The van der Waals surface area contributed by atoms with Gasteiger partial charge in [0.05, 0.1) is 12.2 Å². The van der Waals surface area contributed by atoms with E-state index in [1.165, 1.54) is 6.42 Å². The highest BCUT2D eigenvalue weighted by atomic mass is 16.5. The Hall–Kier alpha value is -0.0800. The third kappa shape index (κ3) is 5.56. The average molecular weight is 174 g/mol. The minimum absolute atomic E-state index is 0.388. The van der Waals surface area contributed by atoms with Crippen LogP contribution in [0.5, 0.6) is 0 Å². The predicted molar refractivity (Wildman–Crippen MR) is 51.4 cm³/mol. The lowest BCUT2D eigenvalue weighted by atomic mass is 10.1. The summed E-state index contributed by atoms with van der Waals surface area (Å²) in [7, 11) is 3.55. The number of hydrogen-bond donors (Lipinski definition) is 0. The Morgan fingerprint density at radius 2 is 1.75 bits per heavy atom. The lowest BCUT2D eigenvalue weighted by Gasteiger charge is -2.14. The topological polar surface area (TPSA) is 18.5 Å². The maximum Gasteiger partial charge on any atom is 0.0568 e. The molecule has 2 heteroatoms. The third-order valence-corrected chi connectivity index (χ3v) is 2.33. The van der Waals surface area contributed by atoms with Gasteiger partial charge >= 0.3 is 0 Å². The molecule has 0 heterocycles. The van der Waals surface area contributed by atoms with Crippen molar-refractivity contribution in [2.24, 2.45) is 0 Å². The van der Waals surface area contributed by atoms with Crippen LogP contribution in [0.15, 0.2) is 0 Å². The van der Waals surface area contributed by atoms with Crippen LogP contribution in [0.1, 0.15) is 39.5 Å². The summed E-state index contributed by atoms with van der Waals surface area (Å²) >= 11 is 0. The molecule has 0 amide bonds. The molecule has 0 bridgehead atoms. The minimum Gasteiger partial charge on any atom is -0.382 e. The number of hydrogen-bond acceptors (Lipinski definition) is 2. The molecule has 2 unspecified atom stereocenters. The summed E-state index contributed by atoms with van der Waals surface area (Å²) in [5.74, 6) is 0. The molecule has 0 aliphatic carbocycles. The van der Waals surface area contributed by atoms with Crippen LogP contribution >= 0.6 is 0 Å². The summed E-state index contributed by atoms with van der Waals surface area (Å²) in [5, 5.41) is 0. The Kier molecular flexibility index (Phi) is 7.51. The zero-order chi connectivity index (χ0) is 9.40. The molecule has 0 aliphatic heterocycles. The van der Waals surface area contributed by atoms with E-state index in [4.69, 9.17) is 9.47 Å². The first kappa shape index (κ1) is 11.9. The van der Waals surface area contributed by atoms with Crippen molar-refractivity contribution in [1.29, 1.82) is 0 Å². The van der Waals surface area contributed by atoms with Gasteiger partial charge in [0.15, 0.2) is 0 Å². The van der Waals surface area contributed by atoms with Gasteiger partial charge in [-0.2, -0.15) is 0 Å². The maximum atomic E-state index is 5.27. The van der Waals surface area contributed by atoms with E-state index in [2.05, 4.69) is 13.8 Å². The van der Waals surface area contributed by atoms with Crippen LogP contribution in [0.2, 0.25) is 0 Å². The van der Waals surface area contributed by atoms with E-state index < -0.39 is 0 Å². The molecule has 74 valence electrons. The second-order valence-corrected chi connectivity index (χ2v) is 3.24. The molecular formula is C10H22O2. The van der Waals surface area contributed by atoms with Gasteiger partial charge in [0.2, 0.25) is 0 Å². The molecule has 0 spiro atoms. The van der Waals surface area contributed by atoms with Gasteiger partial charge in [-0.1, -0.05) is 6.92 Å². The molecule has 0 saturated heterocycles. The van der Waals surface area contributed by atoms with Gasteiger partial charge in [-0.3, -0.25) is 0 Å². The second kappa shape index (κ2) is 7.56. The lowest BCUT2D eigenvalue weighted by molar-refractivity contribution is 0.0759. The first-order chi connectivity index (χ1) is 5.74. The van der Waals surface area contributed by atoms with Gasteiger partial charge in [-0.05, 0) is 32.6 Å². The van der Waals surface area contributed by atoms with Crippen molar-refractivity contribution in [2.45, 2.75) is 51.7 Å². The fraction of sp³-hybridized carbons (Fsp3) is 1.00. The minimum atomic E-state index is 0.388. The highest BCUT2D eigenvalue weighted by Gasteiger charge is 2.05. The van der Waals surface area contributed by atoms with E-state index in [9.17, 15) is 0 Å². The SMILES string of the molecule is CCC(CCCC(C)OC)OC. The van der Waals surface area contributed by atoms with Gasteiger partial charge in [0, 0.05) is 14.2 Å². The molecule has 2 atom stereocenters. The summed E-state index contributed by atoms with van der Waals surface area (Å²) in [5.41, 5.74) is 0. The summed E-state index contributed by atoms with van der Waals surface area (Å²) in [4.78, 5) is 0. The standard InChI is InChI=1S/C10H22O2/c1-5-10(12-4)8-6-7-9(2)11-3/h9-10H,5-8H2,1-4H3. The zero-order valence-electron chi connectivity index (χ0n) is 8.80. The van der Waals surface area contributed by atoms with Gasteiger partial charge in [0.25, 0.3) is 0 Å². The zero-order valence-corrected chi connectivity index (χ0v) is 8.80. The molecule has 12 heavy (non-hydrogen) atoms. The molecule has 0 fully saturated rings. The van der Waals surface area contributed by atoms with Gasteiger partial charge < -0.3 is 9.47 Å². The van der Waals surface area contributed by atoms with E-state index in [0.717, 1.165) is 19.3 Å². The van der Waals surface area contributed by atoms with Crippen molar-refractivity contribution in [3.05, 3.63) is 0 Å². The Labute approximate surface area is 76.3 Å². The lowest BCUT2D eigenvalue weighted by Crippen LogP contribution is -2.11. The van der Waals surface area contributed by atoms with E-state index in [0.29, 0.717) is 12.2 Å². The molecule has 0 radical (unpaired) electrons. The summed E-state index contributed by atoms with van der Waals surface area (Å²) in [6, 6.07) is 0. The molecule has 0 aromatic heterocycles. The quantitative estimate of drug-likeness (QED) is 0.590. The second-order valence-electron chi connectivity index (χ2n) is 3.24. The largest absolute Gasteiger partial charge is 0.382 e. The fourth-order valence-corrected chi connectivity index (χ4v) is 1.24. The van der Waals surface area contributed by atoms with Crippen LogP contribution in [-0.2, 0) is 9.47 Å². The van der Waals surface area contributed by atoms with Crippen molar-refractivity contribution in [3.63, 3.8) is 0 Å². The van der Waals surface area contributed by atoms with Crippen molar-refractivity contribution < 1.29 is 9.47 Å². The van der Waals surface area contributed by atoms with E-state index in [-0.39, 0.29) is 0 Å². The van der Waals surface area contributed by atoms with E-state index >= 15 is 0 Å². The molecule has 0 rings (SSSR count). The molecular weight excluding hydrogens is 152 g/mol. The predicted octanol–water partition coefficient (Wildman–Crippen LogP) is 2.62. The first-order valence-electron chi connectivity index (χ1n) is 4.80. The summed E-state index contributed by atoms with van der Waals surface area (Å²) < 4.78 is 10.4. The number of ether oxygens (including phenoxy) is 2. The Morgan fingerprint density at radius 1 is 1.08 bits per heavy atom. The van der Waals surface area contributed by atoms with E-state index in [1.807, 2.05) is 0 Å². The van der Waals surface area contributed by atoms with E-state index in [1.54, 1.807) is 14.2 Å². The maximum absolute atomic E-state index is 5.27. The van der Waals surface area contributed by atoms with Crippen LogP contribution in [0, 0.1) is 0 Å². The van der Waals surface area contributed by atoms with Crippen molar-refractivity contribution >= 4 is 0 Å². The molecule has 0 saturated carbocycles. The van der Waals surface area contributed by atoms with Crippen LogP contribution in [0.25, 0.3) is 0 Å². The Balaban J connectivity index is 3.28. The highest BCUT2D eigenvalue weighted by molar-refractivity contribution is 4.57. The average Bonchev–Trinajstić information content (AvgIpc) is 2.12. The van der Waals surface area contributed by atoms with Gasteiger partial charge in [-0.15, -0.1) is 0 Å². The van der Waals surface area contributed by atoms with Crippen molar-refractivity contribution in [1.82, 2.24) is 0 Å². The Morgan fingerprint density at radius 3 is 2.17 bits per heavy atom. The van der Waals surface area contributed by atoms with Crippen LogP contribution in [0.4, 0.5) is 0 Å². The van der Waals surface area contributed by atoms with Gasteiger partial charge in [0.1, 0.15) is 0 Å². The number of methoxy groups -OCH3 is 2. The van der Waals surface area contributed by atoms with Crippen LogP contribution in [0.3, 0.4) is 0 Å². The summed E-state index contributed by atoms with van der Waals surface area (Å²) in [6.07, 6.45) is 5.42. The number of rotatable bonds is 7. The summed E-state index contributed by atoms with van der Waals surface area (Å²) in [6.45, 7) is 4.27. The van der Waals surface area contributed by atoms with Gasteiger partial charge in [-0.25, -0.2) is 0 Å². The fourth-order valence-electron chi connectivity index (χ4n) is 1.24. The van der Waals surface area contributed by atoms with Crippen LogP contribution in [-0.4, -0.2) is 26.4 Å². The molecule has 2 nitrogen and oxygen atoms in total. The first-order valence-corrected chi connectivity index (χ1v) is 4.80. The smallest absolute Gasteiger partial charge is 0.0568 e. The van der Waals surface area contributed by atoms with Crippen molar-refractivity contribution in [2.75, 3.05) is 14.2 Å². The third-order valence-electron chi connectivity index (χ3n) is 2.33. The Bertz CT molecular complexity index is 89.8. The van der Waals surface area contributed by atoms with Crippen molar-refractivity contribution in [3.8, 4) is 0 Å². The molecule has 0 aliphatic rings. The monoisotopic (exact) mass is 174 g/mol. The normalized spacial score (nSPS) is 16.0. The molecule has 0 aromatic rings. The molecule has 0 aromatic carbocycles. The highest BCUT2D eigenvalue weighted by Crippen LogP contribution is 2.10. The molecule has 0 N–H and O–H groups in total.